The lowest BCUT2D eigenvalue weighted by molar-refractivity contribution is -0.115. The number of hydrogen-bond acceptors (Lipinski definition) is 5. The minimum Gasteiger partial charge on any atom is -0.495 e. The summed E-state index contributed by atoms with van der Waals surface area (Å²) in [6.45, 7) is 3.27. The van der Waals surface area contributed by atoms with E-state index in [-0.39, 0.29) is 23.0 Å². The molecule has 0 heterocycles. The summed E-state index contributed by atoms with van der Waals surface area (Å²) >= 11 is 1.41. The van der Waals surface area contributed by atoms with Gasteiger partial charge in [-0.15, -0.1) is 11.8 Å². The van der Waals surface area contributed by atoms with Gasteiger partial charge < -0.3 is 20.7 Å². The normalized spacial score (nSPS) is 11.2. The fourth-order valence-corrected chi connectivity index (χ4v) is 3.84. The Balaban J connectivity index is 1.55. The van der Waals surface area contributed by atoms with Gasteiger partial charge in [-0.2, -0.15) is 0 Å². The van der Waals surface area contributed by atoms with Crippen molar-refractivity contribution in [1.82, 2.24) is 0 Å². The number of methoxy groups -OCH3 is 1. The van der Waals surface area contributed by atoms with Crippen LogP contribution in [0, 0.1) is 0 Å². The fourth-order valence-electron chi connectivity index (χ4n) is 2.97. The Labute approximate surface area is 196 Å². The lowest BCUT2D eigenvalue weighted by atomic mass is 10.2. The van der Waals surface area contributed by atoms with Gasteiger partial charge in [0.15, 0.2) is 0 Å². The summed E-state index contributed by atoms with van der Waals surface area (Å²) < 4.78 is 5.25. The predicted molar refractivity (Wildman–Crippen MR) is 132 cm³/mol. The standard InChI is InChI=1S/C25H25N3O4S/c1-16(33-21-14-12-19(13-15-21)26-17(2)29)24(30)27-20-10-8-18(9-11-20)25(31)28-22-6-4-5-7-23(22)32-3/h4-16H,1-3H3,(H,26,29)(H,27,30)(H,28,31). The molecule has 170 valence electrons. The van der Waals surface area contributed by atoms with Crippen molar-refractivity contribution in [2.45, 2.75) is 24.0 Å². The van der Waals surface area contributed by atoms with Crippen molar-refractivity contribution < 1.29 is 19.1 Å². The first-order chi connectivity index (χ1) is 15.9. The first-order valence-electron chi connectivity index (χ1n) is 10.3. The zero-order valence-corrected chi connectivity index (χ0v) is 19.4. The molecule has 3 aromatic rings. The van der Waals surface area contributed by atoms with Gasteiger partial charge in [0.05, 0.1) is 18.0 Å². The van der Waals surface area contributed by atoms with Crippen LogP contribution in [0.2, 0.25) is 0 Å². The Kier molecular flexibility index (Phi) is 8.10. The van der Waals surface area contributed by atoms with Crippen LogP contribution in [0.3, 0.4) is 0 Å². The molecular formula is C25H25N3O4S. The van der Waals surface area contributed by atoms with Crippen molar-refractivity contribution in [2.24, 2.45) is 0 Å². The summed E-state index contributed by atoms with van der Waals surface area (Å²) in [5.74, 6) is 0.0126. The number of hydrogen-bond donors (Lipinski definition) is 3. The number of rotatable bonds is 8. The number of thioether (sulfide) groups is 1. The van der Waals surface area contributed by atoms with E-state index >= 15 is 0 Å². The van der Waals surface area contributed by atoms with Crippen LogP contribution in [0.1, 0.15) is 24.2 Å². The van der Waals surface area contributed by atoms with Crippen molar-refractivity contribution in [3.8, 4) is 5.75 Å². The molecule has 0 aliphatic rings. The summed E-state index contributed by atoms with van der Waals surface area (Å²) in [5, 5.41) is 8.05. The molecule has 0 saturated heterocycles. The predicted octanol–water partition coefficient (Wildman–Crippen LogP) is 5.03. The Morgan fingerprint density at radius 1 is 0.818 bits per heavy atom. The van der Waals surface area contributed by atoms with Crippen molar-refractivity contribution in [3.63, 3.8) is 0 Å². The molecule has 8 heteroatoms. The van der Waals surface area contributed by atoms with Gasteiger partial charge in [-0.25, -0.2) is 0 Å². The SMILES string of the molecule is COc1ccccc1NC(=O)c1ccc(NC(=O)C(C)Sc2ccc(NC(C)=O)cc2)cc1. The molecule has 3 aromatic carbocycles. The Morgan fingerprint density at radius 3 is 2.06 bits per heavy atom. The molecule has 3 rings (SSSR count). The highest BCUT2D eigenvalue weighted by Gasteiger charge is 2.15. The average molecular weight is 464 g/mol. The Morgan fingerprint density at radius 2 is 1.42 bits per heavy atom. The largest absolute Gasteiger partial charge is 0.495 e. The molecule has 7 nitrogen and oxygen atoms in total. The Bertz CT molecular complexity index is 1130. The van der Waals surface area contributed by atoms with E-state index in [0.717, 1.165) is 4.90 Å². The van der Waals surface area contributed by atoms with Crippen LogP contribution in [0.5, 0.6) is 5.75 Å². The smallest absolute Gasteiger partial charge is 0.255 e. The van der Waals surface area contributed by atoms with Gasteiger partial charge in [-0.05, 0) is 67.6 Å². The van der Waals surface area contributed by atoms with Gasteiger partial charge in [0.2, 0.25) is 11.8 Å². The molecule has 0 spiro atoms. The van der Waals surface area contributed by atoms with E-state index < -0.39 is 0 Å². The number of ether oxygens (including phenoxy) is 1. The molecule has 3 amide bonds. The minimum absolute atomic E-state index is 0.133. The van der Waals surface area contributed by atoms with E-state index in [9.17, 15) is 14.4 Å². The zero-order chi connectivity index (χ0) is 23.8. The van der Waals surface area contributed by atoms with Gasteiger partial charge in [0, 0.05) is 28.8 Å². The van der Waals surface area contributed by atoms with Gasteiger partial charge in [-0.1, -0.05) is 12.1 Å². The second-order valence-electron chi connectivity index (χ2n) is 7.19. The molecule has 33 heavy (non-hydrogen) atoms. The fraction of sp³-hybridized carbons (Fsp3) is 0.160. The number of benzene rings is 3. The van der Waals surface area contributed by atoms with Crippen molar-refractivity contribution in [1.29, 1.82) is 0 Å². The number of anilines is 3. The number of nitrogens with one attached hydrogen (secondary N) is 3. The number of amides is 3. The van der Waals surface area contributed by atoms with Gasteiger partial charge in [0.25, 0.3) is 5.91 Å². The summed E-state index contributed by atoms with van der Waals surface area (Å²) in [7, 11) is 1.54. The summed E-state index contributed by atoms with van der Waals surface area (Å²) in [6.07, 6.45) is 0. The molecule has 0 radical (unpaired) electrons. The number of carbonyl (C=O) groups is 3. The number of para-hydroxylation sites is 2. The molecule has 0 aromatic heterocycles. The van der Waals surface area contributed by atoms with Crippen LogP contribution in [0.25, 0.3) is 0 Å². The maximum atomic E-state index is 12.6. The molecule has 0 aliphatic heterocycles. The highest BCUT2D eigenvalue weighted by molar-refractivity contribution is 8.00. The van der Waals surface area contributed by atoms with E-state index in [1.165, 1.54) is 18.7 Å². The van der Waals surface area contributed by atoms with E-state index in [1.54, 1.807) is 55.6 Å². The van der Waals surface area contributed by atoms with Crippen LogP contribution in [0.15, 0.2) is 77.7 Å². The van der Waals surface area contributed by atoms with Crippen LogP contribution in [-0.4, -0.2) is 30.1 Å². The van der Waals surface area contributed by atoms with Crippen molar-refractivity contribution in [2.75, 3.05) is 23.1 Å². The summed E-state index contributed by atoms with van der Waals surface area (Å²) in [4.78, 5) is 37.1. The maximum absolute atomic E-state index is 12.6. The third-order valence-electron chi connectivity index (χ3n) is 4.63. The van der Waals surface area contributed by atoms with Crippen molar-refractivity contribution in [3.05, 3.63) is 78.4 Å². The van der Waals surface area contributed by atoms with Gasteiger partial charge >= 0.3 is 0 Å². The molecule has 3 N–H and O–H groups in total. The average Bonchev–Trinajstić information content (AvgIpc) is 2.80. The minimum atomic E-state index is -0.342. The first-order valence-corrected chi connectivity index (χ1v) is 11.1. The van der Waals surface area contributed by atoms with Gasteiger partial charge in [-0.3, -0.25) is 14.4 Å². The second kappa shape index (κ2) is 11.2. The summed E-state index contributed by atoms with van der Waals surface area (Å²) in [5.41, 5.74) is 2.35. The quantitative estimate of drug-likeness (QED) is 0.408. The van der Waals surface area contributed by atoms with Crippen LogP contribution < -0.4 is 20.7 Å². The molecule has 0 aliphatic carbocycles. The van der Waals surface area contributed by atoms with E-state index in [4.69, 9.17) is 4.74 Å². The monoisotopic (exact) mass is 463 g/mol. The van der Waals surface area contributed by atoms with E-state index in [2.05, 4.69) is 16.0 Å². The highest BCUT2D eigenvalue weighted by Crippen LogP contribution is 2.26. The Hall–Kier alpha value is -3.78. The second-order valence-corrected chi connectivity index (χ2v) is 8.60. The third kappa shape index (κ3) is 6.85. The van der Waals surface area contributed by atoms with Crippen LogP contribution in [-0.2, 0) is 9.59 Å². The topological polar surface area (TPSA) is 96.5 Å². The van der Waals surface area contributed by atoms with Crippen LogP contribution in [0.4, 0.5) is 17.1 Å². The number of carbonyl (C=O) groups excluding carboxylic acids is 3. The molecule has 0 bridgehead atoms. The highest BCUT2D eigenvalue weighted by atomic mass is 32.2. The molecule has 1 unspecified atom stereocenters. The molecular weight excluding hydrogens is 438 g/mol. The molecule has 1 atom stereocenters. The van der Waals surface area contributed by atoms with Gasteiger partial charge in [0.1, 0.15) is 5.75 Å². The lowest BCUT2D eigenvalue weighted by Gasteiger charge is -2.13. The van der Waals surface area contributed by atoms with Crippen molar-refractivity contribution >= 4 is 46.5 Å². The maximum Gasteiger partial charge on any atom is 0.255 e. The molecule has 0 saturated carbocycles. The van der Waals surface area contributed by atoms with E-state index in [1.807, 2.05) is 31.2 Å². The van der Waals surface area contributed by atoms with E-state index in [0.29, 0.717) is 28.4 Å². The summed E-state index contributed by atoms with van der Waals surface area (Å²) in [6, 6.07) is 21.2. The lowest BCUT2D eigenvalue weighted by Crippen LogP contribution is -2.22. The van der Waals surface area contributed by atoms with Crippen LogP contribution >= 0.6 is 11.8 Å². The zero-order valence-electron chi connectivity index (χ0n) is 18.5. The first kappa shape index (κ1) is 23.9. The molecule has 0 fully saturated rings. The third-order valence-corrected chi connectivity index (χ3v) is 5.74.